The van der Waals surface area contributed by atoms with E-state index in [9.17, 15) is 13.6 Å². The molecule has 0 spiro atoms. The molecule has 26 heavy (non-hydrogen) atoms. The first-order valence-corrected chi connectivity index (χ1v) is 8.42. The molecular weight excluding hydrogens is 342 g/mol. The SMILES string of the molecule is COc1ccc(NC(=O)Nc2cc(F)cc(F)c2)cc1OC1CCCC1. The van der Waals surface area contributed by atoms with E-state index in [1.807, 2.05) is 0 Å². The molecule has 1 saturated carbocycles. The van der Waals surface area contributed by atoms with Gasteiger partial charge < -0.3 is 20.1 Å². The van der Waals surface area contributed by atoms with Crippen LogP contribution in [0.3, 0.4) is 0 Å². The molecule has 3 rings (SSSR count). The number of halogens is 2. The molecule has 2 aromatic rings. The van der Waals surface area contributed by atoms with Gasteiger partial charge in [0.1, 0.15) is 11.6 Å². The van der Waals surface area contributed by atoms with Gasteiger partial charge >= 0.3 is 6.03 Å². The third kappa shape index (κ3) is 4.62. The van der Waals surface area contributed by atoms with Gasteiger partial charge in [0.15, 0.2) is 11.5 Å². The molecule has 1 fully saturated rings. The van der Waals surface area contributed by atoms with E-state index < -0.39 is 17.7 Å². The van der Waals surface area contributed by atoms with Crippen molar-refractivity contribution >= 4 is 17.4 Å². The van der Waals surface area contributed by atoms with Gasteiger partial charge in [-0.2, -0.15) is 0 Å². The van der Waals surface area contributed by atoms with Gasteiger partial charge in [0.2, 0.25) is 0 Å². The molecule has 2 aromatic carbocycles. The lowest BCUT2D eigenvalue weighted by atomic mass is 10.2. The summed E-state index contributed by atoms with van der Waals surface area (Å²) in [6.45, 7) is 0. The Balaban J connectivity index is 1.69. The monoisotopic (exact) mass is 362 g/mol. The summed E-state index contributed by atoms with van der Waals surface area (Å²) in [5.41, 5.74) is 0.504. The van der Waals surface area contributed by atoms with Crippen LogP contribution < -0.4 is 20.1 Å². The second kappa shape index (κ2) is 8.03. The van der Waals surface area contributed by atoms with Crippen LogP contribution in [-0.2, 0) is 0 Å². The summed E-state index contributed by atoms with van der Waals surface area (Å²) in [4.78, 5) is 12.1. The largest absolute Gasteiger partial charge is 0.493 e. The predicted molar refractivity (Wildman–Crippen MR) is 94.9 cm³/mol. The van der Waals surface area contributed by atoms with Crippen LogP contribution in [0.4, 0.5) is 25.0 Å². The molecule has 0 aromatic heterocycles. The Morgan fingerprint density at radius 3 is 2.27 bits per heavy atom. The number of rotatable bonds is 5. The van der Waals surface area contributed by atoms with Crippen LogP contribution in [0, 0.1) is 11.6 Å². The van der Waals surface area contributed by atoms with Gasteiger partial charge in [0, 0.05) is 23.5 Å². The van der Waals surface area contributed by atoms with Crippen molar-refractivity contribution < 1.29 is 23.0 Å². The highest BCUT2D eigenvalue weighted by atomic mass is 19.1. The van der Waals surface area contributed by atoms with Crippen molar-refractivity contribution in [2.24, 2.45) is 0 Å². The van der Waals surface area contributed by atoms with Gasteiger partial charge in [-0.1, -0.05) is 0 Å². The smallest absolute Gasteiger partial charge is 0.323 e. The third-order valence-electron chi connectivity index (χ3n) is 4.14. The van der Waals surface area contributed by atoms with Gasteiger partial charge in [-0.15, -0.1) is 0 Å². The highest BCUT2D eigenvalue weighted by Crippen LogP contribution is 2.34. The van der Waals surface area contributed by atoms with Crippen LogP contribution in [0.25, 0.3) is 0 Å². The standard InChI is InChI=1S/C19H20F2N2O3/c1-25-17-7-6-14(11-18(17)26-16-4-2-3-5-16)22-19(24)23-15-9-12(20)8-13(21)10-15/h6-11,16H,2-5H2,1H3,(H2,22,23,24). The maximum Gasteiger partial charge on any atom is 0.323 e. The van der Waals surface area contributed by atoms with Crippen molar-refractivity contribution in [3.05, 3.63) is 48.0 Å². The summed E-state index contributed by atoms with van der Waals surface area (Å²) in [6, 6.07) is 7.21. The Bertz CT molecular complexity index is 772. The second-order valence-corrected chi connectivity index (χ2v) is 6.13. The molecular formula is C19H20F2N2O3. The number of nitrogens with one attached hydrogen (secondary N) is 2. The molecule has 1 aliphatic carbocycles. The lowest BCUT2D eigenvalue weighted by molar-refractivity contribution is 0.201. The molecule has 0 aliphatic heterocycles. The number of anilines is 2. The highest BCUT2D eigenvalue weighted by Gasteiger charge is 2.19. The van der Waals surface area contributed by atoms with E-state index in [4.69, 9.17) is 9.47 Å². The maximum atomic E-state index is 13.2. The molecule has 138 valence electrons. The van der Waals surface area contributed by atoms with Crippen LogP contribution in [0.2, 0.25) is 0 Å². The van der Waals surface area contributed by atoms with Crippen LogP contribution in [0.15, 0.2) is 36.4 Å². The molecule has 0 atom stereocenters. The number of amides is 2. The Labute approximate surface area is 150 Å². The molecule has 0 radical (unpaired) electrons. The molecule has 0 heterocycles. The average Bonchev–Trinajstić information content (AvgIpc) is 3.07. The van der Waals surface area contributed by atoms with E-state index >= 15 is 0 Å². The normalized spacial score (nSPS) is 14.1. The fourth-order valence-corrected chi connectivity index (χ4v) is 2.95. The van der Waals surface area contributed by atoms with Crippen molar-refractivity contribution in [3.63, 3.8) is 0 Å². The summed E-state index contributed by atoms with van der Waals surface area (Å²) in [5, 5.41) is 5.01. The topological polar surface area (TPSA) is 59.6 Å². The zero-order valence-electron chi connectivity index (χ0n) is 14.4. The first-order chi connectivity index (χ1) is 12.5. The molecule has 7 heteroatoms. The Morgan fingerprint density at radius 1 is 0.962 bits per heavy atom. The van der Waals surface area contributed by atoms with Gasteiger partial charge in [-0.25, -0.2) is 13.6 Å². The minimum atomic E-state index is -0.767. The van der Waals surface area contributed by atoms with E-state index in [1.54, 1.807) is 25.3 Å². The fraction of sp³-hybridized carbons (Fsp3) is 0.316. The van der Waals surface area contributed by atoms with Gasteiger partial charge in [0.05, 0.1) is 13.2 Å². The van der Waals surface area contributed by atoms with Gasteiger partial charge in [-0.05, 0) is 49.9 Å². The molecule has 0 bridgehead atoms. The number of ether oxygens (including phenoxy) is 2. The minimum absolute atomic E-state index is 0.0240. The van der Waals surface area contributed by atoms with Crippen molar-refractivity contribution in [1.82, 2.24) is 0 Å². The number of hydrogen-bond acceptors (Lipinski definition) is 3. The summed E-state index contributed by atoms with van der Waals surface area (Å²) in [6.07, 6.45) is 4.40. The van der Waals surface area contributed by atoms with Crippen LogP contribution in [0.5, 0.6) is 11.5 Å². The molecule has 0 saturated heterocycles. The molecule has 2 amide bonds. The van der Waals surface area contributed by atoms with Gasteiger partial charge in [-0.3, -0.25) is 0 Å². The summed E-state index contributed by atoms with van der Waals surface area (Å²) in [7, 11) is 1.55. The van der Waals surface area contributed by atoms with Crippen LogP contribution in [-0.4, -0.2) is 19.2 Å². The second-order valence-electron chi connectivity index (χ2n) is 6.13. The maximum absolute atomic E-state index is 13.2. The average molecular weight is 362 g/mol. The van der Waals surface area contributed by atoms with Crippen molar-refractivity contribution in [3.8, 4) is 11.5 Å². The van der Waals surface area contributed by atoms with E-state index in [1.165, 1.54) is 0 Å². The Morgan fingerprint density at radius 2 is 1.62 bits per heavy atom. The minimum Gasteiger partial charge on any atom is -0.493 e. The van der Waals surface area contributed by atoms with Crippen molar-refractivity contribution in [1.29, 1.82) is 0 Å². The summed E-state index contributed by atoms with van der Waals surface area (Å²) < 4.78 is 37.7. The van der Waals surface area contributed by atoms with E-state index in [0.717, 1.165) is 43.9 Å². The number of benzene rings is 2. The summed E-state index contributed by atoms with van der Waals surface area (Å²) >= 11 is 0. The van der Waals surface area contributed by atoms with E-state index in [2.05, 4.69) is 10.6 Å². The molecule has 5 nitrogen and oxygen atoms in total. The van der Waals surface area contributed by atoms with Crippen LogP contribution in [0.1, 0.15) is 25.7 Å². The highest BCUT2D eigenvalue weighted by molar-refractivity contribution is 5.99. The van der Waals surface area contributed by atoms with Crippen molar-refractivity contribution in [2.45, 2.75) is 31.8 Å². The molecule has 2 N–H and O–H groups in total. The van der Waals surface area contributed by atoms with E-state index in [0.29, 0.717) is 17.2 Å². The van der Waals surface area contributed by atoms with Crippen molar-refractivity contribution in [2.75, 3.05) is 17.7 Å². The number of methoxy groups -OCH3 is 1. The molecule has 0 unspecified atom stereocenters. The van der Waals surface area contributed by atoms with Gasteiger partial charge in [0.25, 0.3) is 0 Å². The fourth-order valence-electron chi connectivity index (χ4n) is 2.95. The first-order valence-electron chi connectivity index (χ1n) is 8.42. The number of urea groups is 1. The third-order valence-corrected chi connectivity index (χ3v) is 4.14. The lowest BCUT2D eigenvalue weighted by Gasteiger charge is -2.17. The summed E-state index contributed by atoms with van der Waals surface area (Å²) in [5.74, 6) is -0.405. The molecule has 1 aliphatic rings. The Kier molecular flexibility index (Phi) is 5.55. The quantitative estimate of drug-likeness (QED) is 0.792. The lowest BCUT2D eigenvalue weighted by Crippen LogP contribution is -2.20. The Hall–Kier alpha value is -2.83. The zero-order valence-corrected chi connectivity index (χ0v) is 14.4. The predicted octanol–water partition coefficient (Wildman–Crippen LogP) is 4.94. The van der Waals surface area contributed by atoms with Crippen LogP contribution >= 0.6 is 0 Å². The number of carbonyl (C=O) groups is 1. The number of hydrogen-bond donors (Lipinski definition) is 2. The first kappa shape index (κ1) is 18.0. The zero-order chi connectivity index (χ0) is 18.5. The van der Waals surface area contributed by atoms with E-state index in [-0.39, 0.29) is 11.8 Å². The number of carbonyl (C=O) groups excluding carboxylic acids is 1.